The number of aromatic carboxylic acids is 1. The smallest absolute Gasteiger partial charge is 0.335 e. The summed E-state index contributed by atoms with van der Waals surface area (Å²) in [4.78, 5) is 15.4. The fourth-order valence-corrected chi connectivity index (χ4v) is 2.27. The Morgan fingerprint density at radius 3 is 2.71 bits per heavy atom. The molecule has 0 aliphatic carbocycles. The van der Waals surface area contributed by atoms with Gasteiger partial charge in [0, 0.05) is 22.3 Å². The Balaban J connectivity index is 2.35. The zero-order valence-electron chi connectivity index (χ0n) is 11.3. The van der Waals surface area contributed by atoms with Gasteiger partial charge < -0.3 is 9.84 Å². The average Bonchev–Trinajstić information content (AvgIpc) is 2.37. The first-order valence-electron chi connectivity index (χ1n) is 6.36. The number of halogens is 2. The summed E-state index contributed by atoms with van der Waals surface area (Å²) in [6.07, 6.45) is 1.48. The van der Waals surface area contributed by atoms with Crippen molar-refractivity contribution in [3.05, 3.63) is 51.9 Å². The maximum atomic E-state index is 13.3. The summed E-state index contributed by atoms with van der Waals surface area (Å²) in [5.74, 6) is -1.13. The van der Waals surface area contributed by atoms with E-state index < -0.39 is 11.8 Å². The van der Waals surface area contributed by atoms with Gasteiger partial charge in [0.25, 0.3) is 0 Å². The number of nitrogens with zero attached hydrogens (tertiary/aromatic N) is 1. The van der Waals surface area contributed by atoms with Crippen LogP contribution >= 0.6 is 15.9 Å². The number of benzene rings is 1. The minimum absolute atomic E-state index is 0.0962. The van der Waals surface area contributed by atoms with Gasteiger partial charge in [0.1, 0.15) is 11.6 Å². The molecule has 2 aromatic rings. The van der Waals surface area contributed by atoms with E-state index in [0.29, 0.717) is 16.6 Å². The van der Waals surface area contributed by atoms with Gasteiger partial charge in [-0.15, -0.1) is 0 Å². The molecule has 0 aliphatic rings. The van der Waals surface area contributed by atoms with Gasteiger partial charge in [0.05, 0.1) is 5.56 Å². The van der Waals surface area contributed by atoms with Crippen molar-refractivity contribution in [2.24, 2.45) is 0 Å². The maximum absolute atomic E-state index is 13.3. The van der Waals surface area contributed by atoms with Crippen LogP contribution in [0.15, 0.2) is 34.8 Å². The Kier molecular flexibility index (Phi) is 4.90. The molecule has 21 heavy (non-hydrogen) atoms. The lowest BCUT2D eigenvalue weighted by Gasteiger charge is -2.08. The molecule has 110 valence electrons. The van der Waals surface area contributed by atoms with E-state index >= 15 is 0 Å². The van der Waals surface area contributed by atoms with Crippen LogP contribution in [0.25, 0.3) is 0 Å². The van der Waals surface area contributed by atoms with E-state index in [2.05, 4.69) is 20.9 Å². The number of hydrogen-bond acceptors (Lipinski definition) is 3. The van der Waals surface area contributed by atoms with Crippen LogP contribution in [0.5, 0.6) is 11.6 Å². The summed E-state index contributed by atoms with van der Waals surface area (Å²) in [7, 11) is 0. The van der Waals surface area contributed by atoms with Gasteiger partial charge in [-0.05, 0) is 24.6 Å². The molecule has 0 saturated heterocycles. The quantitative estimate of drug-likeness (QED) is 0.863. The molecule has 0 unspecified atom stereocenters. The number of carboxylic acid groups (broad SMARTS) is 1. The van der Waals surface area contributed by atoms with Gasteiger partial charge in [-0.2, -0.15) is 0 Å². The predicted molar refractivity (Wildman–Crippen MR) is 79.4 cm³/mol. The van der Waals surface area contributed by atoms with E-state index in [0.717, 1.165) is 6.42 Å². The summed E-state index contributed by atoms with van der Waals surface area (Å²) in [5, 5.41) is 9.11. The molecule has 0 spiro atoms. The lowest BCUT2D eigenvalue weighted by Crippen LogP contribution is -2.02. The third-order valence-electron chi connectivity index (χ3n) is 2.67. The summed E-state index contributed by atoms with van der Waals surface area (Å²) >= 11 is 3.17. The van der Waals surface area contributed by atoms with Gasteiger partial charge in [-0.25, -0.2) is 14.2 Å². The zero-order valence-corrected chi connectivity index (χ0v) is 12.9. The molecule has 4 nitrogen and oxygen atoms in total. The molecular weight excluding hydrogens is 341 g/mol. The van der Waals surface area contributed by atoms with E-state index in [4.69, 9.17) is 9.84 Å². The highest BCUT2D eigenvalue weighted by Gasteiger charge is 2.10. The van der Waals surface area contributed by atoms with Crippen LogP contribution in [0.1, 0.15) is 29.4 Å². The topological polar surface area (TPSA) is 59.4 Å². The number of carbonyl (C=O) groups is 1. The van der Waals surface area contributed by atoms with Gasteiger partial charge in [0.15, 0.2) is 0 Å². The second kappa shape index (κ2) is 6.67. The molecule has 2 rings (SSSR count). The summed E-state index contributed by atoms with van der Waals surface area (Å²) in [6.45, 7) is 1.97. The fraction of sp³-hybridized carbons (Fsp3) is 0.200. The molecule has 1 N–H and O–H groups in total. The zero-order chi connectivity index (χ0) is 15.4. The standard InChI is InChI=1S/C15H13BrFNO3/c1-2-3-12-4-9(15(19)20)5-14(18-12)21-13-7-10(16)6-11(17)8-13/h4-8H,2-3H2,1H3,(H,19,20). The molecule has 0 amide bonds. The van der Waals surface area contributed by atoms with E-state index in [-0.39, 0.29) is 17.2 Å². The summed E-state index contributed by atoms with van der Waals surface area (Å²) in [6, 6.07) is 6.92. The Morgan fingerprint density at radius 1 is 1.33 bits per heavy atom. The molecule has 1 aromatic carbocycles. The first kappa shape index (κ1) is 15.4. The molecule has 0 saturated carbocycles. The largest absolute Gasteiger partial charge is 0.478 e. The van der Waals surface area contributed by atoms with Crippen LogP contribution in [0, 0.1) is 5.82 Å². The van der Waals surface area contributed by atoms with Crippen molar-refractivity contribution < 1.29 is 19.0 Å². The van der Waals surface area contributed by atoms with Crippen LogP contribution in [-0.4, -0.2) is 16.1 Å². The highest BCUT2D eigenvalue weighted by Crippen LogP contribution is 2.26. The van der Waals surface area contributed by atoms with Crippen molar-refractivity contribution in [2.45, 2.75) is 19.8 Å². The molecule has 0 aliphatic heterocycles. The van der Waals surface area contributed by atoms with Crippen LogP contribution < -0.4 is 4.74 Å². The number of pyridine rings is 1. The minimum Gasteiger partial charge on any atom is -0.478 e. The molecule has 0 fully saturated rings. The second-order valence-electron chi connectivity index (χ2n) is 4.45. The molecule has 0 bridgehead atoms. The Morgan fingerprint density at radius 2 is 2.10 bits per heavy atom. The second-order valence-corrected chi connectivity index (χ2v) is 5.36. The Hall–Kier alpha value is -1.95. The average molecular weight is 354 g/mol. The van der Waals surface area contributed by atoms with E-state index in [9.17, 15) is 9.18 Å². The molecule has 1 heterocycles. The van der Waals surface area contributed by atoms with Crippen LogP contribution in [-0.2, 0) is 6.42 Å². The van der Waals surface area contributed by atoms with Crippen molar-refractivity contribution in [3.63, 3.8) is 0 Å². The molecular formula is C15H13BrFNO3. The van der Waals surface area contributed by atoms with Gasteiger partial charge >= 0.3 is 5.97 Å². The molecule has 1 aromatic heterocycles. The van der Waals surface area contributed by atoms with Crippen molar-refractivity contribution in [3.8, 4) is 11.6 Å². The number of aromatic nitrogens is 1. The first-order chi connectivity index (χ1) is 9.97. The molecule has 0 radical (unpaired) electrons. The van der Waals surface area contributed by atoms with Crippen molar-refractivity contribution in [1.29, 1.82) is 0 Å². The third-order valence-corrected chi connectivity index (χ3v) is 3.12. The minimum atomic E-state index is -1.06. The van der Waals surface area contributed by atoms with Gasteiger partial charge in [-0.1, -0.05) is 29.3 Å². The summed E-state index contributed by atoms with van der Waals surface area (Å²) in [5.41, 5.74) is 0.724. The Bertz CT molecular complexity index is 656. The van der Waals surface area contributed by atoms with E-state index in [1.807, 2.05) is 6.92 Å². The number of rotatable bonds is 5. The van der Waals surface area contributed by atoms with E-state index in [1.54, 1.807) is 6.07 Å². The van der Waals surface area contributed by atoms with Crippen molar-refractivity contribution in [2.75, 3.05) is 0 Å². The number of ether oxygens (including phenoxy) is 1. The first-order valence-corrected chi connectivity index (χ1v) is 7.15. The third kappa shape index (κ3) is 4.26. The normalized spacial score (nSPS) is 10.4. The van der Waals surface area contributed by atoms with Crippen LogP contribution in [0.4, 0.5) is 4.39 Å². The van der Waals surface area contributed by atoms with Crippen molar-refractivity contribution in [1.82, 2.24) is 4.98 Å². The lowest BCUT2D eigenvalue weighted by molar-refractivity contribution is 0.0696. The number of hydrogen-bond donors (Lipinski definition) is 1. The van der Waals surface area contributed by atoms with E-state index in [1.165, 1.54) is 24.3 Å². The molecule has 6 heteroatoms. The lowest BCUT2D eigenvalue weighted by atomic mass is 10.1. The number of carboxylic acids is 1. The number of aryl methyl sites for hydroxylation is 1. The van der Waals surface area contributed by atoms with Crippen LogP contribution in [0.3, 0.4) is 0 Å². The fourth-order valence-electron chi connectivity index (χ4n) is 1.83. The van der Waals surface area contributed by atoms with Crippen molar-refractivity contribution >= 4 is 21.9 Å². The highest BCUT2D eigenvalue weighted by molar-refractivity contribution is 9.10. The monoisotopic (exact) mass is 353 g/mol. The molecule has 0 atom stereocenters. The summed E-state index contributed by atoms with van der Waals surface area (Å²) < 4.78 is 19.3. The SMILES string of the molecule is CCCc1cc(C(=O)O)cc(Oc2cc(F)cc(Br)c2)n1. The predicted octanol–water partition coefficient (Wildman–Crippen LogP) is 4.43. The van der Waals surface area contributed by atoms with Gasteiger partial charge in [-0.3, -0.25) is 0 Å². The maximum Gasteiger partial charge on any atom is 0.335 e. The van der Waals surface area contributed by atoms with Crippen LogP contribution in [0.2, 0.25) is 0 Å². The van der Waals surface area contributed by atoms with Gasteiger partial charge in [0.2, 0.25) is 5.88 Å². The Labute approximate surface area is 129 Å². The highest BCUT2D eigenvalue weighted by atomic mass is 79.9.